The molecule has 0 aliphatic heterocycles. The van der Waals surface area contributed by atoms with Gasteiger partial charge in [-0.25, -0.2) is 13.1 Å². The number of sulfonamides is 1. The molecule has 0 atom stereocenters. The van der Waals surface area contributed by atoms with Crippen molar-refractivity contribution in [1.29, 1.82) is 0 Å². The minimum Gasteiger partial charge on any atom is -0.207 e. The van der Waals surface area contributed by atoms with Crippen LogP contribution in [0.15, 0.2) is 35.2 Å². The summed E-state index contributed by atoms with van der Waals surface area (Å²) in [5, 5.41) is -0.550. The fourth-order valence-corrected chi connectivity index (χ4v) is 2.54. The van der Waals surface area contributed by atoms with Gasteiger partial charge in [0, 0.05) is 6.54 Å². The molecule has 0 saturated heterocycles. The Bertz CT molecular complexity index is 596. The van der Waals surface area contributed by atoms with E-state index in [1.165, 1.54) is 0 Å². The van der Waals surface area contributed by atoms with Crippen LogP contribution in [0.1, 0.15) is 12.5 Å². The first-order valence-electron chi connectivity index (χ1n) is 5.05. The molecule has 0 aliphatic rings. The number of hydrogen-bond donors (Lipinski definition) is 1. The normalized spacial score (nSPS) is 12.5. The van der Waals surface area contributed by atoms with Crippen LogP contribution in [0.25, 0.3) is 0 Å². The Balaban J connectivity index is 3.19. The number of benzene rings is 1. The molecule has 0 aliphatic carbocycles. The first-order chi connectivity index (χ1) is 8.54. The molecule has 0 spiro atoms. The molecule has 3 nitrogen and oxygen atoms in total. The van der Waals surface area contributed by atoms with Crippen molar-refractivity contribution in [3.8, 4) is 0 Å². The predicted octanol–water partition coefficient (Wildman–Crippen LogP) is 3.21. The van der Waals surface area contributed by atoms with E-state index in [4.69, 9.17) is 11.6 Å². The van der Waals surface area contributed by atoms with E-state index in [2.05, 4.69) is 11.3 Å². The van der Waals surface area contributed by atoms with E-state index in [0.29, 0.717) is 11.6 Å². The summed E-state index contributed by atoms with van der Waals surface area (Å²) in [6.07, 6.45) is -4.71. The van der Waals surface area contributed by atoms with Crippen LogP contribution in [0.5, 0.6) is 0 Å². The van der Waals surface area contributed by atoms with E-state index in [0.717, 1.165) is 12.1 Å². The highest BCUT2D eigenvalue weighted by atomic mass is 35.5. The van der Waals surface area contributed by atoms with Crippen LogP contribution in [0.4, 0.5) is 13.2 Å². The third-order valence-corrected chi connectivity index (χ3v) is 3.85. The van der Waals surface area contributed by atoms with Crippen LogP contribution in [0, 0.1) is 0 Å². The fourth-order valence-electron chi connectivity index (χ4n) is 1.19. The smallest absolute Gasteiger partial charge is 0.207 e. The van der Waals surface area contributed by atoms with E-state index < -0.39 is 31.7 Å². The number of rotatable bonds is 4. The topological polar surface area (TPSA) is 46.2 Å². The lowest BCUT2D eigenvalue weighted by molar-refractivity contribution is -0.137. The van der Waals surface area contributed by atoms with Crippen LogP contribution >= 0.6 is 11.6 Å². The molecule has 0 unspecified atom stereocenters. The molecular weight excluding hydrogens is 303 g/mol. The Kier molecular flexibility index (Phi) is 4.65. The minimum absolute atomic E-state index is 0.0493. The summed E-state index contributed by atoms with van der Waals surface area (Å²) in [6.45, 7) is 5.03. The van der Waals surface area contributed by atoms with Gasteiger partial charge in [-0.05, 0) is 25.1 Å². The van der Waals surface area contributed by atoms with Crippen LogP contribution in [-0.2, 0) is 16.2 Å². The average molecular weight is 314 g/mol. The SMILES string of the molecule is C=C(C)CNS(=O)(=O)c1ccc(Cl)c(C(F)(F)F)c1. The van der Waals surface area contributed by atoms with Crippen LogP contribution in [0.2, 0.25) is 5.02 Å². The molecule has 1 aromatic rings. The predicted molar refractivity (Wildman–Crippen MR) is 66.5 cm³/mol. The third-order valence-electron chi connectivity index (χ3n) is 2.12. The lowest BCUT2D eigenvalue weighted by Gasteiger charge is -2.12. The number of nitrogens with one attached hydrogen (secondary N) is 1. The lowest BCUT2D eigenvalue weighted by Crippen LogP contribution is -2.25. The Hall–Kier alpha value is -1.05. The standard InChI is InChI=1S/C11H11ClF3NO2S/c1-7(2)6-16-19(17,18)8-3-4-10(12)9(5-8)11(13,14)15/h3-5,16H,1,6H2,2H3. The molecule has 8 heteroatoms. The third kappa shape index (κ3) is 4.22. The summed E-state index contributed by atoms with van der Waals surface area (Å²) in [4.78, 5) is -0.495. The van der Waals surface area contributed by atoms with Gasteiger partial charge in [-0.2, -0.15) is 13.2 Å². The monoisotopic (exact) mass is 313 g/mol. The van der Waals surface area contributed by atoms with E-state index in [9.17, 15) is 21.6 Å². The molecule has 1 aromatic carbocycles. The van der Waals surface area contributed by atoms with Gasteiger partial charge in [0.2, 0.25) is 10.0 Å². The molecule has 0 radical (unpaired) electrons. The molecular formula is C11H11ClF3NO2S. The molecule has 0 aromatic heterocycles. The number of alkyl halides is 3. The molecule has 0 saturated carbocycles. The first-order valence-corrected chi connectivity index (χ1v) is 6.91. The molecule has 0 heterocycles. The Labute approximate surface area is 114 Å². The van der Waals surface area contributed by atoms with Gasteiger partial charge >= 0.3 is 6.18 Å². The van der Waals surface area contributed by atoms with E-state index in [1.54, 1.807) is 6.92 Å². The maximum Gasteiger partial charge on any atom is 0.417 e. The van der Waals surface area contributed by atoms with Crippen molar-refractivity contribution in [2.75, 3.05) is 6.54 Å². The van der Waals surface area contributed by atoms with Crippen molar-refractivity contribution < 1.29 is 21.6 Å². The summed E-state index contributed by atoms with van der Waals surface area (Å²) < 4.78 is 63.5. The second-order valence-corrected chi connectivity index (χ2v) is 6.10. The quantitative estimate of drug-likeness (QED) is 0.868. The first kappa shape index (κ1) is 16.0. The largest absolute Gasteiger partial charge is 0.417 e. The van der Waals surface area contributed by atoms with Gasteiger partial charge in [0.1, 0.15) is 0 Å². The van der Waals surface area contributed by atoms with Crippen molar-refractivity contribution in [1.82, 2.24) is 4.72 Å². The van der Waals surface area contributed by atoms with Gasteiger partial charge in [-0.3, -0.25) is 0 Å². The van der Waals surface area contributed by atoms with Gasteiger partial charge in [0.15, 0.2) is 0 Å². The van der Waals surface area contributed by atoms with Gasteiger partial charge < -0.3 is 0 Å². The van der Waals surface area contributed by atoms with Crippen molar-refractivity contribution in [3.05, 3.63) is 40.9 Å². The lowest BCUT2D eigenvalue weighted by atomic mass is 10.2. The van der Waals surface area contributed by atoms with Crippen LogP contribution in [-0.4, -0.2) is 15.0 Å². The maximum absolute atomic E-state index is 12.6. The van der Waals surface area contributed by atoms with E-state index >= 15 is 0 Å². The van der Waals surface area contributed by atoms with Gasteiger partial charge in [-0.1, -0.05) is 23.8 Å². The molecule has 1 rings (SSSR count). The molecule has 19 heavy (non-hydrogen) atoms. The molecule has 0 bridgehead atoms. The van der Waals surface area contributed by atoms with Crippen molar-refractivity contribution in [2.24, 2.45) is 0 Å². The highest BCUT2D eigenvalue weighted by Crippen LogP contribution is 2.35. The van der Waals surface area contributed by atoms with Gasteiger partial charge in [0.25, 0.3) is 0 Å². The molecule has 0 amide bonds. The number of halogens is 4. The summed E-state index contributed by atoms with van der Waals surface area (Å²) in [7, 11) is -4.02. The van der Waals surface area contributed by atoms with E-state index in [-0.39, 0.29) is 6.54 Å². The Morgan fingerprint density at radius 3 is 2.47 bits per heavy atom. The average Bonchev–Trinajstić information content (AvgIpc) is 2.25. The summed E-state index contributed by atoms with van der Waals surface area (Å²) >= 11 is 5.41. The molecule has 106 valence electrons. The Morgan fingerprint density at radius 2 is 2.00 bits per heavy atom. The number of hydrogen-bond acceptors (Lipinski definition) is 2. The van der Waals surface area contributed by atoms with Crippen LogP contribution < -0.4 is 4.72 Å². The highest BCUT2D eigenvalue weighted by molar-refractivity contribution is 7.89. The molecule has 1 N–H and O–H groups in total. The second kappa shape index (κ2) is 5.52. The van der Waals surface area contributed by atoms with Crippen molar-refractivity contribution in [3.63, 3.8) is 0 Å². The second-order valence-electron chi connectivity index (χ2n) is 3.92. The molecule has 0 fully saturated rings. The zero-order valence-corrected chi connectivity index (χ0v) is 11.5. The van der Waals surface area contributed by atoms with Gasteiger partial charge in [0.05, 0.1) is 15.5 Å². The fraction of sp³-hybridized carbons (Fsp3) is 0.273. The van der Waals surface area contributed by atoms with Crippen LogP contribution in [0.3, 0.4) is 0 Å². The summed E-state index contributed by atoms with van der Waals surface area (Å²) in [6, 6.07) is 2.42. The summed E-state index contributed by atoms with van der Waals surface area (Å²) in [5.41, 5.74) is -0.652. The minimum atomic E-state index is -4.71. The zero-order chi connectivity index (χ0) is 14.8. The summed E-state index contributed by atoms with van der Waals surface area (Å²) in [5.74, 6) is 0. The zero-order valence-electron chi connectivity index (χ0n) is 9.88. The van der Waals surface area contributed by atoms with Crippen molar-refractivity contribution in [2.45, 2.75) is 18.0 Å². The van der Waals surface area contributed by atoms with E-state index in [1.807, 2.05) is 0 Å². The van der Waals surface area contributed by atoms with Gasteiger partial charge in [-0.15, -0.1) is 0 Å². The van der Waals surface area contributed by atoms with Crippen molar-refractivity contribution >= 4 is 21.6 Å². The Morgan fingerprint density at radius 1 is 1.42 bits per heavy atom. The highest BCUT2D eigenvalue weighted by Gasteiger charge is 2.34. The maximum atomic E-state index is 12.6.